The topological polar surface area (TPSA) is 29.5 Å². The molecule has 4 heteroatoms. The van der Waals surface area contributed by atoms with Crippen molar-refractivity contribution in [2.75, 3.05) is 6.61 Å². The first-order valence-electron chi connectivity index (χ1n) is 6.51. The second-order valence-electron chi connectivity index (χ2n) is 4.93. The average molecular weight is 309 g/mol. The Morgan fingerprint density at radius 3 is 2.80 bits per heavy atom. The van der Waals surface area contributed by atoms with Crippen molar-refractivity contribution in [2.24, 2.45) is 0 Å². The normalized spacial score (nSPS) is 14.8. The second kappa shape index (κ2) is 5.65. The Balaban J connectivity index is 1.89. The van der Waals surface area contributed by atoms with E-state index in [1.165, 1.54) is 0 Å². The van der Waals surface area contributed by atoms with E-state index in [4.69, 9.17) is 27.9 Å². The summed E-state index contributed by atoms with van der Waals surface area (Å²) in [5.41, 5.74) is 2.80. The monoisotopic (exact) mass is 308 g/mol. The van der Waals surface area contributed by atoms with E-state index in [2.05, 4.69) is 0 Å². The van der Waals surface area contributed by atoms with E-state index in [-0.39, 0.29) is 0 Å². The van der Waals surface area contributed by atoms with Crippen molar-refractivity contribution >= 4 is 23.2 Å². The number of hydrogen-bond donors (Lipinski definition) is 1. The lowest BCUT2D eigenvalue weighted by Crippen LogP contribution is -2.04. The molecule has 1 aliphatic rings. The molecule has 0 spiro atoms. The third-order valence-electron chi connectivity index (χ3n) is 3.45. The summed E-state index contributed by atoms with van der Waals surface area (Å²) in [7, 11) is 0. The maximum absolute atomic E-state index is 10.5. The number of benzene rings is 2. The van der Waals surface area contributed by atoms with E-state index < -0.39 is 6.10 Å². The van der Waals surface area contributed by atoms with Gasteiger partial charge in [-0.25, -0.2) is 0 Å². The van der Waals surface area contributed by atoms with Crippen LogP contribution in [0.25, 0.3) is 0 Å². The lowest BCUT2D eigenvalue weighted by molar-refractivity contribution is 0.173. The molecule has 0 bridgehead atoms. The van der Waals surface area contributed by atoms with E-state index in [1.54, 1.807) is 6.07 Å². The number of ether oxygens (including phenoxy) is 1. The Kier molecular flexibility index (Phi) is 3.88. The fourth-order valence-corrected chi connectivity index (χ4v) is 3.00. The van der Waals surface area contributed by atoms with Crippen LogP contribution in [0.2, 0.25) is 10.0 Å². The van der Waals surface area contributed by atoms with Crippen molar-refractivity contribution in [2.45, 2.75) is 18.9 Å². The Hall–Kier alpha value is -1.22. The molecule has 3 rings (SSSR count). The summed E-state index contributed by atoms with van der Waals surface area (Å²) in [5, 5.41) is 11.8. The van der Waals surface area contributed by atoms with Crippen molar-refractivity contribution in [3.05, 3.63) is 63.1 Å². The highest BCUT2D eigenvalue weighted by Crippen LogP contribution is 2.37. The predicted molar refractivity (Wildman–Crippen MR) is 80.8 cm³/mol. The first-order chi connectivity index (χ1) is 9.63. The van der Waals surface area contributed by atoms with Gasteiger partial charge in [0.15, 0.2) is 0 Å². The Labute approximate surface area is 127 Å². The van der Waals surface area contributed by atoms with Crippen molar-refractivity contribution in [3.8, 4) is 5.75 Å². The molecular weight excluding hydrogens is 295 g/mol. The van der Waals surface area contributed by atoms with Gasteiger partial charge in [0, 0.05) is 28.5 Å². The van der Waals surface area contributed by atoms with E-state index in [1.807, 2.05) is 30.3 Å². The van der Waals surface area contributed by atoms with Crippen LogP contribution in [0.3, 0.4) is 0 Å². The molecule has 0 aromatic heterocycles. The zero-order valence-electron chi connectivity index (χ0n) is 10.8. The van der Waals surface area contributed by atoms with E-state index in [9.17, 15) is 5.11 Å². The van der Waals surface area contributed by atoms with Gasteiger partial charge in [0.25, 0.3) is 0 Å². The highest BCUT2D eigenvalue weighted by Gasteiger charge is 2.22. The minimum Gasteiger partial charge on any atom is -0.493 e. The minimum absolute atomic E-state index is 0.483. The molecule has 2 aromatic carbocycles. The summed E-state index contributed by atoms with van der Waals surface area (Å²) in [4.78, 5) is 0. The molecular formula is C16H14Cl2O2. The smallest absolute Gasteiger partial charge is 0.128 e. The zero-order valence-corrected chi connectivity index (χ0v) is 12.3. The fraction of sp³-hybridized carbons (Fsp3) is 0.250. The van der Waals surface area contributed by atoms with Gasteiger partial charge in [0.05, 0.1) is 12.7 Å². The lowest BCUT2D eigenvalue weighted by Gasteiger charge is -2.15. The third kappa shape index (κ3) is 2.78. The highest BCUT2D eigenvalue weighted by molar-refractivity contribution is 6.31. The van der Waals surface area contributed by atoms with Gasteiger partial charge in [-0.3, -0.25) is 0 Å². The third-order valence-corrected chi connectivity index (χ3v) is 3.91. The molecule has 104 valence electrons. The van der Waals surface area contributed by atoms with Crippen LogP contribution in [0.1, 0.15) is 22.8 Å². The largest absolute Gasteiger partial charge is 0.493 e. The molecule has 1 unspecified atom stereocenters. The number of hydrogen-bond acceptors (Lipinski definition) is 2. The maximum atomic E-state index is 10.5. The maximum Gasteiger partial charge on any atom is 0.128 e. The van der Waals surface area contributed by atoms with Gasteiger partial charge in [0.1, 0.15) is 5.75 Å². The molecule has 0 saturated heterocycles. The summed E-state index contributed by atoms with van der Waals surface area (Å²) < 4.78 is 5.62. The van der Waals surface area contributed by atoms with Crippen LogP contribution < -0.4 is 4.74 Å². The number of rotatable bonds is 3. The number of aliphatic hydroxyl groups is 1. The average Bonchev–Trinajstić information content (AvgIpc) is 2.85. The van der Waals surface area contributed by atoms with Crippen LogP contribution in [0.4, 0.5) is 0 Å². The molecule has 0 aliphatic carbocycles. The second-order valence-corrected chi connectivity index (χ2v) is 5.80. The lowest BCUT2D eigenvalue weighted by atomic mass is 9.98. The molecule has 0 saturated carbocycles. The van der Waals surface area contributed by atoms with Gasteiger partial charge in [-0.2, -0.15) is 0 Å². The SMILES string of the molecule is OC(Cc1cccc(Cl)c1)c1cc(Cl)cc2c1OCC2. The molecule has 2 aromatic rings. The molecule has 0 fully saturated rings. The van der Waals surface area contributed by atoms with Crippen molar-refractivity contribution in [3.63, 3.8) is 0 Å². The van der Waals surface area contributed by atoms with Crippen LogP contribution in [0.15, 0.2) is 36.4 Å². The van der Waals surface area contributed by atoms with Crippen LogP contribution in [0, 0.1) is 0 Å². The Morgan fingerprint density at radius 1 is 1.15 bits per heavy atom. The van der Waals surface area contributed by atoms with Gasteiger partial charge in [-0.1, -0.05) is 35.3 Å². The summed E-state index contributed by atoms with van der Waals surface area (Å²) in [6, 6.07) is 11.2. The molecule has 2 nitrogen and oxygen atoms in total. The molecule has 1 heterocycles. The highest BCUT2D eigenvalue weighted by atomic mass is 35.5. The van der Waals surface area contributed by atoms with Crippen molar-refractivity contribution < 1.29 is 9.84 Å². The van der Waals surface area contributed by atoms with E-state index >= 15 is 0 Å². The van der Waals surface area contributed by atoms with Crippen LogP contribution >= 0.6 is 23.2 Å². The van der Waals surface area contributed by atoms with Gasteiger partial charge in [0.2, 0.25) is 0 Å². The summed E-state index contributed by atoms with van der Waals surface area (Å²) in [6.45, 7) is 0.645. The standard InChI is InChI=1S/C16H14Cl2O2/c17-12-3-1-2-10(6-12)7-15(19)14-9-13(18)8-11-4-5-20-16(11)14/h1-3,6,8-9,15,19H,4-5,7H2. The molecule has 1 atom stereocenters. The number of fused-ring (bicyclic) bond motifs is 1. The summed E-state index contributed by atoms with van der Waals surface area (Å²) >= 11 is 12.1. The number of aliphatic hydroxyl groups excluding tert-OH is 1. The first-order valence-corrected chi connectivity index (χ1v) is 7.26. The molecule has 0 radical (unpaired) electrons. The molecule has 1 N–H and O–H groups in total. The van der Waals surface area contributed by atoms with Gasteiger partial charge in [-0.15, -0.1) is 0 Å². The fourth-order valence-electron chi connectivity index (χ4n) is 2.54. The molecule has 0 amide bonds. The summed E-state index contributed by atoms with van der Waals surface area (Å²) in [5.74, 6) is 0.781. The van der Waals surface area contributed by atoms with Gasteiger partial charge >= 0.3 is 0 Å². The van der Waals surface area contributed by atoms with Crippen LogP contribution in [0.5, 0.6) is 5.75 Å². The van der Waals surface area contributed by atoms with E-state index in [0.29, 0.717) is 23.1 Å². The quantitative estimate of drug-likeness (QED) is 0.920. The summed E-state index contributed by atoms with van der Waals surface area (Å²) in [6.07, 6.45) is 0.669. The Morgan fingerprint density at radius 2 is 2.00 bits per heavy atom. The van der Waals surface area contributed by atoms with Crippen LogP contribution in [-0.2, 0) is 12.8 Å². The van der Waals surface area contributed by atoms with Gasteiger partial charge in [-0.05, 0) is 35.4 Å². The minimum atomic E-state index is -0.654. The molecule has 1 aliphatic heterocycles. The van der Waals surface area contributed by atoms with Gasteiger partial charge < -0.3 is 9.84 Å². The Bertz CT molecular complexity index is 640. The molecule has 20 heavy (non-hydrogen) atoms. The zero-order chi connectivity index (χ0) is 14.1. The first kappa shape index (κ1) is 13.7. The van der Waals surface area contributed by atoms with Crippen LogP contribution in [-0.4, -0.2) is 11.7 Å². The van der Waals surface area contributed by atoms with E-state index in [0.717, 1.165) is 28.9 Å². The predicted octanol–water partition coefficient (Wildman–Crippen LogP) is 4.20. The van der Waals surface area contributed by atoms with Crippen molar-refractivity contribution in [1.82, 2.24) is 0 Å². The number of halogens is 2. The van der Waals surface area contributed by atoms with Crippen molar-refractivity contribution in [1.29, 1.82) is 0 Å².